The first kappa shape index (κ1) is 18.4. The van der Waals surface area contributed by atoms with Crippen molar-refractivity contribution in [3.63, 3.8) is 0 Å². The van der Waals surface area contributed by atoms with Crippen molar-refractivity contribution in [1.29, 1.82) is 0 Å². The van der Waals surface area contributed by atoms with E-state index >= 15 is 0 Å². The summed E-state index contributed by atoms with van der Waals surface area (Å²) in [7, 11) is 0. The summed E-state index contributed by atoms with van der Waals surface area (Å²) in [4.78, 5) is 19.7. The number of rotatable bonds is 6. The maximum atomic E-state index is 12.3. The topological polar surface area (TPSA) is 52.6 Å². The van der Waals surface area contributed by atoms with Crippen LogP contribution < -0.4 is 9.80 Å². The smallest absolute Gasteiger partial charge is 0.246 e. The molecule has 26 heavy (non-hydrogen) atoms. The summed E-state index contributed by atoms with van der Waals surface area (Å²) in [5.41, 5.74) is 0. The van der Waals surface area contributed by atoms with Crippen molar-refractivity contribution in [3.8, 4) is 0 Å². The zero-order valence-electron chi connectivity index (χ0n) is 15.3. The van der Waals surface area contributed by atoms with Crippen molar-refractivity contribution < 1.29 is 4.79 Å². The molecule has 0 aromatic carbocycles. The number of hydrogen-bond donors (Lipinski definition) is 0. The Bertz CT molecular complexity index is 717. The van der Waals surface area contributed by atoms with Crippen LogP contribution in [0.5, 0.6) is 0 Å². The van der Waals surface area contributed by atoms with E-state index in [4.69, 9.17) is 0 Å². The van der Waals surface area contributed by atoms with Crippen molar-refractivity contribution in [1.82, 2.24) is 15.1 Å². The SMILES string of the molecule is CCN(CC)c1ccc(N2CCN(C(=O)/C=C/c3cccs3)CC2)nn1. The molecule has 138 valence electrons. The third-order valence-electron chi connectivity index (χ3n) is 4.57. The lowest BCUT2D eigenvalue weighted by molar-refractivity contribution is -0.126. The number of anilines is 2. The number of thiophene rings is 1. The number of nitrogens with zero attached hydrogens (tertiary/aromatic N) is 5. The Hall–Kier alpha value is -2.41. The summed E-state index contributed by atoms with van der Waals surface area (Å²) in [6, 6.07) is 8.04. The van der Waals surface area contributed by atoms with Crippen LogP contribution >= 0.6 is 11.3 Å². The van der Waals surface area contributed by atoms with Gasteiger partial charge in [0.15, 0.2) is 11.6 Å². The van der Waals surface area contributed by atoms with Gasteiger partial charge in [-0.1, -0.05) is 6.07 Å². The summed E-state index contributed by atoms with van der Waals surface area (Å²) in [5, 5.41) is 10.7. The van der Waals surface area contributed by atoms with Gasteiger partial charge in [0.25, 0.3) is 0 Å². The normalized spacial score (nSPS) is 14.8. The van der Waals surface area contributed by atoms with Gasteiger partial charge in [-0.15, -0.1) is 21.5 Å². The predicted molar refractivity (Wildman–Crippen MR) is 108 cm³/mol. The van der Waals surface area contributed by atoms with Gasteiger partial charge in [-0.2, -0.15) is 0 Å². The fraction of sp³-hybridized carbons (Fsp3) is 0.421. The predicted octanol–water partition coefficient (Wildman–Crippen LogP) is 2.75. The van der Waals surface area contributed by atoms with Crippen molar-refractivity contribution >= 4 is 35.0 Å². The van der Waals surface area contributed by atoms with Crippen molar-refractivity contribution in [3.05, 3.63) is 40.6 Å². The lowest BCUT2D eigenvalue weighted by Crippen LogP contribution is -2.48. The van der Waals surface area contributed by atoms with Gasteiger partial charge in [-0.05, 0) is 43.5 Å². The molecule has 1 amide bonds. The van der Waals surface area contributed by atoms with E-state index in [0.717, 1.165) is 42.7 Å². The zero-order valence-corrected chi connectivity index (χ0v) is 16.2. The van der Waals surface area contributed by atoms with Gasteiger partial charge < -0.3 is 14.7 Å². The van der Waals surface area contributed by atoms with E-state index in [-0.39, 0.29) is 5.91 Å². The first-order chi connectivity index (χ1) is 12.7. The molecular formula is C19H25N5OS. The monoisotopic (exact) mass is 371 g/mol. The molecule has 0 N–H and O–H groups in total. The Morgan fingerprint density at radius 1 is 1.15 bits per heavy atom. The lowest BCUT2D eigenvalue weighted by Gasteiger charge is -2.34. The standard InChI is InChI=1S/C19H25N5OS/c1-3-22(4-2)17-8-9-18(21-20-17)23-11-13-24(14-12-23)19(25)10-7-16-6-5-15-26-16/h5-10,15H,3-4,11-14H2,1-2H3/b10-7+. The van der Waals surface area contributed by atoms with Gasteiger partial charge >= 0.3 is 0 Å². The highest BCUT2D eigenvalue weighted by atomic mass is 32.1. The lowest BCUT2D eigenvalue weighted by atomic mass is 10.3. The van der Waals surface area contributed by atoms with E-state index in [2.05, 4.69) is 33.8 Å². The summed E-state index contributed by atoms with van der Waals surface area (Å²) in [6.45, 7) is 9.02. The molecule has 1 aliphatic rings. The van der Waals surface area contributed by atoms with E-state index in [9.17, 15) is 4.79 Å². The molecule has 1 saturated heterocycles. The van der Waals surface area contributed by atoms with Gasteiger partial charge in [0.05, 0.1) is 0 Å². The molecule has 0 radical (unpaired) electrons. The zero-order chi connectivity index (χ0) is 18.4. The summed E-state index contributed by atoms with van der Waals surface area (Å²) >= 11 is 1.63. The minimum absolute atomic E-state index is 0.0704. The van der Waals surface area contributed by atoms with Gasteiger partial charge in [0.2, 0.25) is 5.91 Å². The maximum absolute atomic E-state index is 12.3. The molecule has 0 spiro atoms. The fourth-order valence-electron chi connectivity index (χ4n) is 3.00. The molecule has 7 heteroatoms. The molecule has 1 aliphatic heterocycles. The molecule has 0 saturated carbocycles. The minimum atomic E-state index is 0.0704. The van der Waals surface area contributed by atoms with Gasteiger partial charge in [0, 0.05) is 50.2 Å². The molecule has 2 aromatic rings. The van der Waals surface area contributed by atoms with Gasteiger partial charge in [-0.25, -0.2) is 0 Å². The third-order valence-corrected chi connectivity index (χ3v) is 5.41. The molecule has 6 nitrogen and oxygen atoms in total. The number of carbonyl (C=O) groups excluding carboxylic acids is 1. The van der Waals surface area contributed by atoms with Crippen LogP contribution in [-0.2, 0) is 4.79 Å². The van der Waals surface area contributed by atoms with Gasteiger partial charge in [-0.3, -0.25) is 4.79 Å². The van der Waals surface area contributed by atoms with Crippen LogP contribution in [0.3, 0.4) is 0 Å². The highest BCUT2D eigenvalue weighted by Gasteiger charge is 2.21. The maximum Gasteiger partial charge on any atom is 0.246 e. The summed E-state index contributed by atoms with van der Waals surface area (Å²) < 4.78 is 0. The number of hydrogen-bond acceptors (Lipinski definition) is 6. The summed E-state index contributed by atoms with van der Waals surface area (Å²) in [6.07, 6.45) is 3.55. The second-order valence-electron chi connectivity index (χ2n) is 6.08. The summed E-state index contributed by atoms with van der Waals surface area (Å²) in [5.74, 6) is 1.86. The van der Waals surface area contributed by atoms with E-state index in [1.807, 2.05) is 40.6 Å². The highest BCUT2D eigenvalue weighted by Crippen LogP contribution is 2.17. The first-order valence-electron chi connectivity index (χ1n) is 9.05. The average Bonchev–Trinajstić information content (AvgIpc) is 3.21. The molecule has 0 atom stereocenters. The quantitative estimate of drug-likeness (QED) is 0.731. The third kappa shape index (κ3) is 4.40. The largest absolute Gasteiger partial charge is 0.356 e. The van der Waals surface area contributed by atoms with Crippen molar-refractivity contribution in [2.75, 3.05) is 49.1 Å². The van der Waals surface area contributed by atoms with Gasteiger partial charge in [0.1, 0.15) is 0 Å². The molecule has 1 fully saturated rings. The Labute approximate surface area is 158 Å². The molecule has 2 aromatic heterocycles. The van der Waals surface area contributed by atoms with Crippen LogP contribution in [0.2, 0.25) is 0 Å². The Kier molecular flexibility index (Phi) is 6.22. The van der Waals surface area contributed by atoms with E-state index in [1.54, 1.807) is 17.4 Å². The Balaban J connectivity index is 1.54. The van der Waals surface area contributed by atoms with Crippen molar-refractivity contribution in [2.45, 2.75) is 13.8 Å². The van der Waals surface area contributed by atoms with E-state index < -0.39 is 0 Å². The molecule has 0 unspecified atom stereocenters. The number of amides is 1. The van der Waals surface area contributed by atoms with E-state index in [1.165, 1.54) is 0 Å². The van der Waals surface area contributed by atoms with Crippen LogP contribution in [0.1, 0.15) is 18.7 Å². The highest BCUT2D eigenvalue weighted by molar-refractivity contribution is 7.10. The molecule has 3 heterocycles. The van der Waals surface area contributed by atoms with Crippen LogP contribution in [0.15, 0.2) is 35.7 Å². The number of aromatic nitrogens is 2. The van der Waals surface area contributed by atoms with Crippen molar-refractivity contribution in [2.24, 2.45) is 0 Å². The molecule has 0 aliphatic carbocycles. The van der Waals surface area contributed by atoms with Crippen LogP contribution in [0.25, 0.3) is 6.08 Å². The van der Waals surface area contributed by atoms with E-state index in [0.29, 0.717) is 13.1 Å². The first-order valence-corrected chi connectivity index (χ1v) is 9.93. The van der Waals surface area contributed by atoms with Crippen LogP contribution in [0, 0.1) is 0 Å². The Morgan fingerprint density at radius 3 is 2.50 bits per heavy atom. The second kappa shape index (κ2) is 8.80. The number of carbonyl (C=O) groups is 1. The number of piperazine rings is 1. The Morgan fingerprint density at radius 2 is 1.92 bits per heavy atom. The minimum Gasteiger partial charge on any atom is -0.356 e. The fourth-order valence-corrected chi connectivity index (χ4v) is 3.62. The molecular weight excluding hydrogens is 346 g/mol. The van der Waals surface area contributed by atoms with Crippen LogP contribution in [-0.4, -0.2) is 60.3 Å². The average molecular weight is 372 g/mol. The molecule has 0 bridgehead atoms. The van der Waals surface area contributed by atoms with Crippen LogP contribution in [0.4, 0.5) is 11.6 Å². The molecule has 3 rings (SSSR count). The second-order valence-corrected chi connectivity index (χ2v) is 7.06.